The van der Waals surface area contributed by atoms with E-state index in [1.165, 1.54) is 39.1 Å². The molecule has 0 aromatic heterocycles. The highest BCUT2D eigenvalue weighted by atomic mass is 16.5. The van der Waals surface area contributed by atoms with Gasteiger partial charge in [0.25, 0.3) is 0 Å². The topological polar surface area (TPSA) is 12.5 Å². The van der Waals surface area contributed by atoms with Crippen LogP contribution in [0, 0.1) is 0 Å². The first kappa shape index (κ1) is 28.7. The third-order valence-corrected chi connectivity index (χ3v) is 7.35. The highest BCUT2D eigenvalue weighted by Gasteiger charge is 2.10. The molecule has 0 spiro atoms. The molecule has 0 aliphatic carbocycles. The maximum Gasteiger partial charge on any atom is 0.119 e. The highest BCUT2D eigenvalue weighted by Crippen LogP contribution is 2.27. The summed E-state index contributed by atoms with van der Waals surface area (Å²) < 4.78 is 5.72. The molecule has 0 amide bonds. The largest absolute Gasteiger partial charge is 0.494 e. The minimum absolute atomic E-state index is 0.669. The molecule has 0 atom stereocenters. The van der Waals surface area contributed by atoms with E-state index in [0.717, 1.165) is 31.7 Å². The van der Waals surface area contributed by atoms with Crippen LogP contribution in [0.3, 0.4) is 0 Å². The molecular formula is C40H39NO. The van der Waals surface area contributed by atoms with Crippen LogP contribution in [0.2, 0.25) is 0 Å². The first-order chi connectivity index (χ1) is 20.8. The van der Waals surface area contributed by atoms with E-state index in [0.29, 0.717) is 6.61 Å². The van der Waals surface area contributed by atoms with E-state index in [2.05, 4.69) is 163 Å². The molecule has 0 saturated heterocycles. The molecule has 0 aliphatic rings. The number of anilines is 1. The summed E-state index contributed by atoms with van der Waals surface area (Å²) in [5.41, 5.74) is 8.74. The van der Waals surface area contributed by atoms with Crippen LogP contribution < -0.4 is 9.64 Å². The average Bonchev–Trinajstić information content (AvgIpc) is 3.06. The minimum Gasteiger partial charge on any atom is -0.494 e. The van der Waals surface area contributed by atoms with E-state index in [9.17, 15) is 0 Å². The van der Waals surface area contributed by atoms with Gasteiger partial charge in [0.05, 0.1) is 6.61 Å². The molecule has 42 heavy (non-hydrogen) atoms. The van der Waals surface area contributed by atoms with Gasteiger partial charge in [-0.25, -0.2) is 0 Å². The van der Waals surface area contributed by atoms with Crippen molar-refractivity contribution in [2.75, 3.05) is 24.6 Å². The van der Waals surface area contributed by atoms with Crippen molar-refractivity contribution in [1.82, 2.24) is 0 Å². The summed E-state index contributed by atoms with van der Waals surface area (Å²) in [6, 6.07) is 51.3. The number of hydrogen-bond acceptors (Lipinski definition) is 2. The van der Waals surface area contributed by atoms with Gasteiger partial charge in [0.15, 0.2) is 0 Å². The fourth-order valence-corrected chi connectivity index (χ4v) is 5.29. The van der Waals surface area contributed by atoms with Crippen molar-refractivity contribution in [1.29, 1.82) is 0 Å². The van der Waals surface area contributed by atoms with Crippen molar-refractivity contribution in [2.24, 2.45) is 0 Å². The van der Waals surface area contributed by atoms with Crippen LogP contribution in [0.5, 0.6) is 5.75 Å². The predicted molar refractivity (Wildman–Crippen MR) is 179 cm³/mol. The molecule has 5 rings (SSSR count). The van der Waals surface area contributed by atoms with Gasteiger partial charge >= 0.3 is 0 Å². The standard InChI is InChI=1S/C40H39NO/c1-2-42-38-29-27-37(28-30-38)41(31-15-25-39(33-17-7-3-8-18-33)34-19-9-4-10-20-34)32-16-26-40(35-21-11-5-12-22-35)36-23-13-6-14-24-36/h3-14,17-30H,2,15-16,31-32H2,1H3. The smallest absolute Gasteiger partial charge is 0.119 e. The van der Waals surface area contributed by atoms with E-state index < -0.39 is 0 Å². The van der Waals surface area contributed by atoms with Crippen molar-refractivity contribution in [3.63, 3.8) is 0 Å². The zero-order valence-electron chi connectivity index (χ0n) is 24.4. The third kappa shape index (κ3) is 7.89. The maximum atomic E-state index is 5.72. The summed E-state index contributed by atoms with van der Waals surface area (Å²) in [4.78, 5) is 2.49. The molecule has 5 aromatic rings. The van der Waals surface area contributed by atoms with Crippen LogP contribution in [-0.2, 0) is 0 Å². The molecule has 210 valence electrons. The third-order valence-electron chi connectivity index (χ3n) is 7.35. The number of benzene rings is 5. The Labute approximate surface area is 251 Å². The maximum absolute atomic E-state index is 5.72. The summed E-state index contributed by atoms with van der Waals surface area (Å²) in [5, 5.41) is 0. The van der Waals surface area contributed by atoms with E-state index in [4.69, 9.17) is 4.74 Å². The van der Waals surface area contributed by atoms with Gasteiger partial charge in [-0.3, -0.25) is 0 Å². The van der Waals surface area contributed by atoms with E-state index in [1.807, 2.05) is 6.92 Å². The number of hydrogen-bond donors (Lipinski definition) is 0. The lowest BCUT2D eigenvalue weighted by Gasteiger charge is -2.25. The van der Waals surface area contributed by atoms with Gasteiger partial charge in [-0.05, 0) is 77.4 Å². The summed E-state index contributed by atoms with van der Waals surface area (Å²) >= 11 is 0. The molecular weight excluding hydrogens is 510 g/mol. The van der Waals surface area contributed by atoms with Gasteiger partial charge in [0.2, 0.25) is 0 Å². The lowest BCUT2D eigenvalue weighted by Crippen LogP contribution is -2.25. The van der Waals surface area contributed by atoms with Crippen LogP contribution in [0.15, 0.2) is 158 Å². The Hall–Kier alpha value is -4.82. The number of rotatable bonds is 13. The summed E-state index contributed by atoms with van der Waals surface area (Å²) in [6.07, 6.45) is 6.64. The SMILES string of the molecule is CCOc1ccc(N(CCC=C(c2ccccc2)c2ccccc2)CCC=C(c2ccccc2)c2ccccc2)cc1. The van der Waals surface area contributed by atoms with Crippen LogP contribution in [0.4, 0.5) is 5.69 Å². The van der Waals surface area contributed by atoms with E-state index >= 15 is 0 Å². The zero-order chi connectivity index (χ0) is 28.8. The number of nitrogens with zero attached hydrogens (tertiary/aromatic N) is 1. The van der Waals surface area contributed by atoms with Crippen LogP contribution >= 0.6 is 0 Å². The Morgan fingerprint density at radius 3 is 1.19 bits per heavy atom. The van der Waals surface area contributed by atoms with Gasteiger partial charge in [0, 0.05) is 18.8 Å². The highest BCUT2D eigenvalue weighted by molar-refractivity contribution is 5.80. The van der Waals surface area contributed by atoms with Crippen molar-refractivity contribution in [3.05, 3.63) is 180 Å². The molecule has 0 fully saturated rings. The monoisotopic (exact) mass is 549 g/mol. The van der Waals surface area contributed by atoms with Crippen LogP contribution in [0.25, 0.3) is 11.1 Å². The molecule has 0 N–H and O–H groups in total. The van der Waals surface area contributed by atoms with Crippen LogP contribution in [-0.4, -0.2) is 19.7 Å². The molecule has 5 aromatic carbocycles. The molecule has 0 heterocycles. The molecule has 0 radical (unpaired) electrons. The Balaban J connectivity index is 1.39. The van der Waals surface area contributed by atoms with Gasteiger partial charge in [0.1, 0.15) is 5.75 Å². The summed E-state index contributed by atoms with van der Waals surface area (Å²) in [7, 11) is 0. The second-order valence-electron chi connectivity index (χ2n) is 10.2. The van der Waals surface area contributed by atoms with Crippen molar-refractivity contribution >= 4 is 16.8 Å². The Kier molecular flexibility index (Phi) is 10.4. The second kappa shape index (κ2) is 15.3. The summed E-state index contributed by atoms with van der Waals surface area (Å²) in [5.74, 6) is 0.909. The lowest BCUT2D eigenvalue weighted by molar-refractivity contribution is 0.340. The first-order valence-corrected chi connectivity index (χ1v) is 14.9. The fourth-order valence-electron chi connectivity index (χ4n) is 5.29. The molecule has 0 aliphatic heterocycles. The van der Waals surface area contributed by atoms with E-state index in [1.54, 1.807) is 0 Å². The first-order valence-electron chi connectivity index (χ1n) is 14.9. The predicted octanol–water partition coefficient (Wildman–Crippen LogP) is 9.94. The van der Waals surface area contributed by atoms with Crippen molar-refractivity contribution < 1.29 is 4.74 Å². The normalized spacial score (nSPS) is 10.5. The zero-order valence-corrected chi connectivity index (χ0v) is 24.4. The van der Waals surface area contributed by atoms with Crippen LogP contribution in [0.1, 0.15) is 42.0 Å². The Bertz CT molecular complexity index is 1360. The second-order valence-corrected chi connectivity index (χ2v) is 10.2. The molecule has 0 saturated carbocycles. The average molecular weight is 550 g/mol. The summed E-state index contributed by atoms with van der Waals surface area (Å²) in [6.45, 7) is 4.52. The fraction of sp³-hybridized carbons (Fsp3) is 0.150. The molecule has 0 unspecified atom stereocenters. The minimum atomic E-state index is 0.669. The Morgan fingerprint density at radius 2 is 0.857 bits per heavy atom. The quantitative estimate of drug-likeness (QED) is 0.145. The molecule has 0 bridgehead atoms. The van der Waals surface area contributed by atoms with Gasteiger partial charge < -0.3 is 9.64 Å². The molecule has 2 nitrogen and oxygen atoms in total. The molecule has 2 heteroatoms. The van der Waals surface area contributed by atoms with Crippen molar-refractivity contribution in [3.8, 4) is 5.75 Å². The van der Waals surface area contributed by atoms with Gasteiger partial charge in [-0.15, -0.1) is 0 Å². The Morgan fingerprint density at radius 1 is 0.500 bits per heavy atom. The van der Waals surface area contributed by atoms with Gasteiger partial charge in [-0.1, -0.05) is 133 Å². The van der Waals surface area contributed by atoms with Gasteiger partial charge in [-0.2, -0.15) is 0 Å². The lowest BCUT2D eigenvalue weighted by atomic mass is 9.96. The number of ether oxygens (including phenoxy) is 1. The van der Waals surface area contributed by atoms with Crippen molar-refractivity contribution in [2.45, 2.75) is 19.8 Å². The van der Waals surface area contributed by atoms with E-state index in [-0.39, 0.29) is 0 Å².